The first kappa shape index (κ1) is 13.3. The van der Waals surface area contributed by atoms with E-state index in [0.717, 1.165) is 25.7 Å². The minimum atomic E-state index is -3.27. The molecule has 1 aliphatic rings. The molecule has 1 atom stereocenters. The Balaban J connectivity index is 2.15. The normalized spacial score (nSPS) is 22.1. The van der Waals surface area contributed by atoms with Crippen molar-refractivity contribution in [1.82, 2.24) is 4.31 Å². The van der Waals surface area contributed by atoms with Crippen molar-refractivity contribution in [3.05, 3.63) is 17.5 Å². The zero-order valence-electron chi connectivity index (χ0n) is 9.51. The predicted molar refractivity (Wildman–Crippen MR) is 71.2 cm³/mol. The van der Waals surface area contributed by atoms with Crippen LogP contribution in [0.4, 0.5) is 0 Å². The van der Waals surface area contributed by atoms with Crippen LogP contribution < -0.4 is 0 Å². The molecule has 1 unspecified atom stereocenters. The Morgan fingerprint density at radius 1 is 1.53 bits per heavy atom. The van der Waals surface area contributed by atoms with Crippen molar-refractivity contribution in [2.75, 3.05) is 12.4 Å². The zero-order valence-corrected chi connectivity index (χ0v) is 11.9. The molecule has 0 aliphatic carbocycles. The molecule has 0 bridgehead atoms. The number of nitrogens with zero attached hydrogens (tertiary/aromatic N) is 1. The SMILES string of the molecule is O=S(=O)(c1cccs1)N1CCCC1CCCCl. The van der Waals surface area contributed by atoms with E-state index in [1.807, 2.05) is 0 Å². The van der Waals surface area contributed by atoms with Crippen molar-refractivity contribution in [2.24, 2.45) is 0 Å². The maximum atomic E-state index is 12.4. The van der Waals surface area contributed by atoms with Crippen LogP contribution in [0.25, 0.3) is 0 Å². The van der Waals surface area contributed by atoms with Gasteiger partial charge in [-0.3, -0.25) is 0 Å². The fourth-order valence-electron chi connectivity index (χ4n) is 2.25. The smallest absolute Gasteiger partial charge is 0.206 e. The van der Waals surface area contributed by atoms with Gasteiger partial charge in [-0.15, -0.1) is 22.9 Å². The third kappa shape index (κ3) is 2.84. The highest BCUT2D eigenvalue weighted by atomic mass is 35.5. The van der Waals surface area contributed by atoms with Crippen molar-refractivity contribution in [3.63, 3.8) is 0 Å². The van der Waals surface area contributed by atoms with Crippen LogP contribution in [-0.2, 0) is 10.0 Å². The van der Waals surface area contributed by atoms with Crippen LogP contribution in [0, 0.1) is 0 Å². The lowest BCUT2D eigenvalue weighted by molar-refractivity contribution is 0.369. The summed E-state index contributed by atoms with van der Waals surface area (Å²) in [5.74, 6) is 0.601. The molecular weight excluding hydrogens is 278 g/mol. The van der Waals surface area contributed by atoms with Gasteiger partial charge in [0.1, 0.15) is 4.21 Å². The second-order valence-corrected chi connectivity index (χ2v) is 7.62. The molecular formula is C11H16ClNO2S2. The van der Waals surface area contributed by atoms with E-state index in [1.165, 1.54) is 11.3 Å². The molecule has 0 amide bonds. The van der Waals surface area contributed by atoms with E-state index in [0.29, 0.717) is 16.6 Å². The van der Waals surface area contributed by atoms with Crippen LogP contribution in [-0.4, -0.2) is 31.2 Å². The summed E-state index contributed by atoms with van der Waals surface area (Å²) in [5.41, 5.74) is 0. The lowest BCUT2D eigenvalue weighted by Gasteiger charge is -2.23. The van der Waals surface area contributed by atoms with E-state index >= 15 is 0 Å². The number of sulfonamides is 1. The van der Waals surface area contributed by atoms with Crippen LogP contribution in [0.1, 0.15) is 25.7 Å². The number of halogens is 1. The Labute approximate surface area is 111 Å². The van der Waals surface area contributed by atoms with Gasteiger partial charge in [0.25, 0.3) is 10.0 Å². The summed E-state index contributed by atoms with van der Waals surface area (Å²) in [6, 6.07) is 3.60. The van der Waals surface area contributed by atoms with E-state index in [9.17, 15) is 8.42 Å². The van der Waals surface area contributed by atoms with Gasteiger partial charge in [-0.2, -0.15) is 4.31 Å². The Bertz CT molecular complexity index is 444. The zero-order chi connectivity index (χ0) is 12.3. The molecule has 1 aromatic rings. The second kappa shape index (κ2) is 5.69. The Morgan fingerprint density at radius 2 is 2.35 bits per heavy atom. The van der Waals surface area contributed by atoms with Crippen molar-refractivity contribution in [3.8, 4) is 0 Å². The summed E-state index contributed by atoms with van der Waals surface area (Å²) < 4.78 is 26.9. The van der Waals surface area contributed by atoms with Gasteiger partial charge in [-0.05, 0) is 37.1 Å². The molecule has 0 N–H and O–H groups in total. The number of rotatable bonds is 5. The first-order valence-corrected chi connectivity index (χ1v) is 8.63. The van der Waals surface area contributed by atoms with Gasteiger partial charge in [0.05, 0.1) is 0 Å². The molecule has 0 aromatic carbocycles. The monoisotopic (exact) mass is 293 g/mol. The molecule has 1 fully saturated rings. The Kier molecular flexibility index (Phi) is 4.47. The highest BCUT2D eigenvalue weighted by molar-refractivity contribution is 7.91. The van der Waals surface area contributed by atoms with Crippen molar-refractivity contribution < 1.29 is 8.42 Å². The van der Waals surface area contributed by atoms with Crippen LogP contribution >= 0.6 is 22.9 Å². The summed E-state index contributed by atoms with van der Waals surface area (Å²) in [6.45, 7) is 0.646. The third-order valence-electron chi connectivity index (χ3n) is 3.05. The Morgan fingerprint density at radius 3 is 3.00 bits per heavy atom. The molecule has 3 nitrogen and oxygen atoms in total. The van der Waals surface area contributed by atoms with Crippen LogP contribution in [0.3, 0.4) is 0 Å². The topological polar surface area (TPSA) is 37.4 Å². The summed E-state index contributed by atoms with van der Waals surface area (Å²) >= 11 is 6.96. The van der Waals surface area contributed by atoms with Crippen LogP contribution in [0.15, 0.2) is 21.7 Å². The fourth-order valence-corrected chi connectivity index (χ4v) is 5.25. The van der Waals surface area contributed by atoms with Crippen molar-refractivity contribution in [1.29, 1.82) is 0 Å². The number of hydrogen-bond acceptors (Lipinski definition) is 3. The first-order chi connectivity index (χ1) is 8.16. The Hall–Kier alpha value is -0.100. The average Bonchev–Trinajstić information content (AvgIpc) is 2.97. The molecule has 1 saturated heterocycles. The van der Waals surface area contributed by atoms with E-state index in [-0.39, 0.29) is 6.04 Å². The molecule has 0 saturated carbocycles. The van der Waals surface area contributed by atoms with E-state index < -0.39 is 10.0 Å². The van der Waals surface area contributed by atoms with E-state index in [1.54, 1.807) is 21.8 Å². The largest absolute Gasteiger partial charge is 0.252 e. The van der Waals surface area contributed by atoms with Crippen LogP contribution in [0.5, 0.6) is 0 Å². The van der Waals surface area contributed by atoms with Gasteiger partial charge in [0, 0.05) is 18.5 Å². The number of hydrogen-bond donors (Lipinski definition) is 0. The summed E-state index contributed by atoms with van der Waals surface area (Å²) in [5, 5.41) is 1.80. The summed E-state index contributed by atoms with van der Waals surface area (Å²) in [7, 11) is -3.27. The summed E-state index contributed by atoms with van der Waals surface area (Å²) in [4.78, 5) is 0. The fraction of sp³-hybridized carbons (Fsp3) is 0.636. The third-order valence-corrected chi connectivity index (χ3v) is 6.64. The molecule has 0 radical (unpaired) electrons. The summed E-state index contributed by atoms with van der Waals surface area (Å²) in [6.07, 6.45) is 3.66. The number of alkyl halides is 1. The van der Waals surface area contributed by atoms with Gasteiger partial charge in [-0.1, -0.05) is 6.07 Å². The lowest BCUT2D eigenvalue weighted by Crippen LogP contribution is -2.35. The van der Waals surface area contributed by atoms with Crippen LogP contribution in [0.2, 0.25) is 0 Å². The molecule has 1 aromatic heterocycles. The van der Waals surface area contributed by atoms with Gasteiger partial charge < -0.3 is 0 Å². The number of thiophene rings is 1. The maximum Gasteiger partial charge on any atom is 0.252 e. The standard InChI is InChI=1S/C11H16ClNO2S2/c12-7-1-4-10-5-2-8-13(10)17(14,15)11-6-3-9-16-11/h3,6,9-10H,1-2,4-5,7-8H2. The minimum Gasteiger partial charge on any atom is -0.206 e. The lowest BCUT2D eigenvalue weighted by atomic mass is 10.1. The molecule has 2 rings (SSSR count). The quantitative estimate of drug-likeness (QED) is 0.783. The molecule has 0 spiro atoms. The minimum absolute atomic E-state index is 0.140. The van der Waals surface area contributed by atoms with Crippen molar-refractivity contribution in [2.45, 2.75) is 35.9 Å². The molecule has 96 valence electrons. The van der Waals surface area contributed by atoms with Gasteiger partial charge in [-0.25, -0.2) is 8.42 Å². The van der Waals surface area contributed by atoms with Gasteiger partial charge in [0.2, 0.25) is 0 Å². The van der Waals surface area contributed by atoms with Gasteiger partial charge in [0.15, 0.2) is 0 Å². The van der Waals surface area contributed by atoms with Crippen molar-refractivity contribution >= 4 is 33.0 Å². The molecule has 6 heteroatoms. The molecule has 1 aliphatic heterocycles. The highest BCUT2D eigenvalue weighted by Crippen LogP contribution is 2.30. The maximum absolute atomic E-state index is 12.4. The molecule has 17 heavy (non-hydrogen) atoms. The van der Waals surface area contributed by atoms with E-state index in [4.69, 9.17) is 11.6 Å². The molecule has 2 heterocycles. The predicted octanol–water partition coefficient (Wildman–Crippen LogP) is 2.92. The highest BCUT2D eigenvalue weighted by Gasteiger charge is 2.35. The first-order valence-electron chi connectivity index (χ1n) is 5.77. The van der Waals surface area contributed by atoms with Gasteiger partial charge >= 0.3 is 0 Å². The second-order valence-electron chi connectivity index (χ2n) is 4.18. The average molecular weight is 294 g/mol. The van der Waals surface area contributed by atoms with E-state index in [2.05, 4.69) is 0 Å².